The smallest absolute Gasteiger partial charge is 0.119 e. The molecule has 0 spiro atoms. The Morgan fingerprint density at radius 1 is 1.41 bits per heavy atom. The molecule has 1 fully saturated rings. The quantitative estimate of drug-likeness (QED) is 0.720. The van der Waals surface area contributed by atoms with Crippen LogP contribution in [-0.2, 0) is 0 Å². The van der Waals surface area contributed by atoms with E-state index in [0.29, 0.717) is 5.92 Å². The molecule has 1 saturated heterocycles. The van der Waals surface area contributed by atoms with Gasteiger partial charge in [0.25, 0.3) is 0 Å². The lowest BCUT2D eigenvalue weighted by Gasteiger charge is -2.17. The Bertz CT molecular complexity index is 550. The van der Waals surface area contributed by atoms with Crippen molar-refractivity contribution >= 4 is 11.8 Å². The first kappa shape index (κ1) is 10.7. The number of rotatable bonds is 1. The zero-order valence-electron chi connectivity index (χ0n) is 10.4. The van der Waals surface area contributed by atoms with E-state index in [1.54, 1.807) is 12.7 Å². The lowest BCUT2D eigenvalue weighted by Crippen LogP contribution is -2.28. The fourth-order valence-corrected chi connectivity index (χ4v) is 2.84. The highest BCUT2D eigenvalue weighted by Gasteiger charge is 2.23. The molecule has 1 aromatic carbocycles. The Morgan fingerprint density at radius 3 is 3.12 bits per heavy atom. The fourth-order valence-electron chi connectivity index (χ4n) is 2.84. The summed E-state index contributed by atoms with van der Waals surface area (Å²) < 4.78 is 5.30. The van der Waals surface area contributed by atoms with E-state index < -0.39 is 0 Å². The second-order valence-electron chi connectivity index (χ2n) is 4.87. The molecular weight excluding hydrogens is 212 g/mol. The van der Waals surface area contributed by atoms with Crippen LogP contribution in [0.25, 0.3) is 11.8 Å². The second-order valence-corrected chi connectivity index (χ2v) is 4.87. The first-order valence-electron chi connectivity index (χ1n) is 6.08. The lowest BCUT2D eigenvalue weighted by molar-refractivity contribution is 0.414. The first-order chi connectivity index (χ1) is 8.28. The van der Waals surface area contributed by atoms with E-state index in [9.17, 15) is 0 Å². The minimum atomic E-state index is 0.644. The van der Waals surface area contributed by atoms with Crippen LogP contribution in [0, 0.1) is 5.92 Å². The topological polar surface area (TPSA) is 24.5 Å². The molecule has 1 N–H and O–H groups in total. The van der Waals surface area contributed by atoms with Crippen molar-refractivity contribution in [1.29, 1.82) is 0 Å². The van der Waals surface area contributed by atoms with Crippen molar-refractivity contribution in [3.8, 4) is 5.75 Å². The molecule has 90 valence electrons. The maximum atomic E-state index is 5.30. The van der Waals surface area contributed by atoms with Crippen molar-refractivity contribution in [1.82, 2.24) is 10.2 Å². The van der Waals surface area contributed by atoms with Gasteiger partial charge in [-0.25, -0.2) is 0 Å². The molecule has 0 bridgehead atoms. The molecule has 0 radical (unpaired) electrons. The molecule has 3 heteroatoms. The van der Waals surface area contributed by atoms with Gasteiger partial charge in [-0.05, 0) is 22.9 Å². The summed E-state index contributed by atoms with van der Waals surface area (Å²) >= 11 is 0. The van der Waals surface area contributed by atoms with E-state index in [1.807, 2.05) is 0 Å². The Morgan fingerprint density at radius 2 is 2.29 bits per heavy atom. The van der Waals surface area contributed by atoms with Crippen molar-refractivity contribution < 1.29 is 4.74 Å². The van der Waals surface area contributed by atoms with Gasteiger partial charge in [-0.15, -0.1) is 0 Å². The van der Waals surface area contributed by atoms with E-state index in [2.05, 4.69) is 41.7 Å². The molecule has 3 nitrogen and oxygen atoms in total. The van der Waals surface area contributed by atoms with Gasteiger partial charge < -0.3 is 15.0 Å². The predicted molar refractivity (Wildman–Crippen MR) is 69.1 cm³/mol. The van der Waals surface area contributed by atoms with Crippen LogP contribution in [0.1, 0.15) is 0 Å². The maximum absolute atomic E-state index is 5.30. The van der Waals surface area contributed by atoms with Crippen LogP contribution in [0.5, 0.6) is 5.75 Å². The van der Waals surface area contributed by atoms with Crippen LogP contribution in [0.2, 0.25) is 0 Å². The number of nitrogens with zero attached hydrogens (tertiary/aromatic N) is 1. The van der Waals surface area contributed by atoms with Crippen LogP contribution >= 0.6 is 0 Å². The van der Waals surface area contributed by atoms with E-state index in [1.165, 1.54) is 10.4 Å². The summed E-state index contributed by atoms with van der Waals surface area (Å²) in [6, 6.07) is 6.37. The van der Waals surface area contributed by atoms with Gasteiger partial charge >= 0.3 is 0 Å². The minimum absolute atomic E-state index is 0.644. The zero-order valence-corrected chi connectivity index (χ0v) is 10.4. The average Bonchev–Trinajstić information content (AvgIpc) is 2.72. The summed E-state index contributed by atoms with van der Waals surface area (Å²) in [7, 11) is 3.86. The second kappa shape index (κ2) is 4.08. The molecule has 2 heterocycles. The zero-order chi connectivity index (χ0) is 11.8. The Balaban J connectivity index is 2.28. The molecule has 0 aromatic heterocycles. The number of benzene rings is 1. The Hall–Kier alpha value is -1.48. The summed E-state index contributed by atoms with van der Waals surface area (Å²) in [5.41, 5.74) is 1.54. The van der Waals surface area contributed by atoms with Gasteiger partial charge in [-0.3, -0.25) is 0 Å². The molecule has 1 aromatic rings. The van der Waals surface area contributed by atoms with Gasteiger partial charge in [-0.1, -0.05) is 6.07 Å². The summed E-state index contributed by atoms with van der Waals surface area (Å²) in [4.78, 5) is 2.28. The molecule has 2 aliphatic rings. The highest BCUT2D eigenvalue weighted by Crippen LogP contribution is 2.18. The molecule has 2 aliphatic heterocycles. The summed E-state index contributed by atoms with van der Waals surface area (Å²) in [5, 5.41) is 6.12. The normalized spacial score (nSPS) is 22.6. The van der Waals surface area contributed by atoms with E-state index in [0.717, 1.165) is 25.4 Å². The van der Waals surface area contributed by atoms with Crippen molar-refractivity contribution in [2.75, 3.05) is 33.8 Å². The Labute approximate surface area is 101 Å². The van der Waals surface area contributed by atoms with E-state index >= 15 is 0 Å². The lowest BCUT2D eigenvalue weighted by atomic mass is 10.00. The molecule has 3 rings (SSSR count). The summed E-state index contributed by atoms with van der Waals surface area (Å²) in [6.45, 7) is 3.21. The van der Waals surface area contributed by atoms with E-state index in [4.69, 9.17) is 4.74 Å². The van der Waals surface area contributed by atoms with Crippen molar-refractivity contribution in [3.05, 3.63) is 28.6 Å². The number of hydrogen-bond donors (Lipinski definition) is 1. The van der Waals surface area contributed by atoms with Crippen LogP contribution in [0.15, 0.2) is 18.2 Å². The maximum Gasteiger partial charge on any atom is 0.119 e. The van der Waals surface area contributed by atoms with Crippen LogP contribution in [0.3, 0.4) is 0 Å². The van der Waals surface area contributed by atoms with Gasteiger partial charge in [-0.2, -0.15) is 0 Å². The van der Waals surface area contributed by atoms with Crippen molar-refractivity contribution in [2.45, 2.75) is 0 Å². The standard InChI is InChI=1S/C14H18N2O/c1-16-8-10-5-12(17-2)3-4-13(10)14-7-15-6-11(14)9-16/h3-5,8,11,15H,6-7,9H2,1-2H3/t11-/m0/s1. The number of fused-ring (bicyclic) bond motifs is 2. The number of nitrogens with one attached hydrogen (secondary N) is 1. The monoisotopic (exact) mass is 230 g/mol. The minimum Gasteiger partial charge on any atom is -0.497 e. The Kier molecular flexibility index (Phi) is 2.56. The highest BCUT2D eigenvalue weighted by atomic mass is 16.5. The molecule has 17 heavy (non-hydrogen) atoms. The molecule has 0 unspecified atom stereocenters. The van der Waals surface area contributed by atoms with E-state index in [-0.39, 0.29) is 0 Å². The number of hydrogen-bond acceptors (Lipinski definition) is 3. The predicted octanol–water partition coefficient (Wildman–Crippen LogP) is -0.251. The van der Waals surface area contributed by atoms with Gasteiger partial charge in [0.15, 0.2) is 0 Å². The summed E-state index contributed by atoms with van der Waals surface area (Å²) in [5.74, 6) is 1.57. The van der Waals surface area contributed by atoms with Crippen LogP contribution < -0.4 is 20.5 Å². The largest absolute Gasteiger partial charge is 0.497 e. The molecule has 1 atom stereocenters. The fraction of sp³-hybridized carbons (Fsp3) is 0.429. The molecular formula is C14H18N2O. The third-order valence-corrected chi connectivity index (χ3v) is 3.67. The number of ether oxygens (including phenoxy) is 1. The van der Waals surface area contributed by atoms with Crippen molar-refractivity contribution in [2.24, 2.45) is 5.92 Å². The van der Waals surface area contributed by atoms with Gasteiger partial charge in [0, 0.05) is 44.0 Å². The highest BCUT2D eigenvalue weighted by molar-refractivity contribution is 5.55. The molecule has 0 saturated carbocycles. The number of methoxy groups -OCH3 is 1. The third-order valence-electron chi connectivity index (χ3n) is 3.67. The van der Waals surface area contributed by atoms with Crippen LogP contribution in [0.4, 0.5) is 0 Å². The SMILES string of the molecule is COc1ccc2c(c1)=CN(C)C[C@@H]1CNCC=21. The van der Waals surface area contributed by atoms with Crippen LogP contribution in [-0.4, -0.2) is 38.7 Å². The van der Waals surface area contributed by atoms with Gasteiger partial charge in [0.2, 0.25) is 0 Å². The molecule has 0 aliphatic carbocycles. The molecule has 0 amide bonds. The third kappa shape index (κ3) is 1.80. The van der Waals surface area contributed by atoms with Gasteiger partial charge in [0.1, 0.15) is 5.75 Å². The first-order valence-corrected chi connectivity index (χ1v) is 6.08. The van der Waals surface area contributed by atoms with Gasteiger partial charge in [0.05, 0.1) is 7.11 Å². The average molecular weight is 230 g/mol. The van der Waals surface area contributed by atoms with Crippen molar-refractivity contribution in [3.63, 3.8) is 0 Å². The summed E-state index contributed by atoms with van der Waals surface area (Å²) in [6.07, 6.45) is 2.23.